The fourth-order valence-electron chi connectivity index (χ4n) is 2.89. The van der Waals surface area contributed by atoms with Gasteiger partial charge in [0.05, 0.1) is 12.3 Å². The Morgan fingerprint density at radius 2 is 2.15 bits per heavy atom. The minimum absolute atomic E-state index is 0.264. The smallest absolute Gasteiger partial charge is 0.145 e. The Labute approximate surface area is 118 Å². The number of ether oxygens (including phenoxy) is 1. The number of rotatable bonds is 3. The van der Waals surface area contributed by atoms with Crippen LogP contribution >= 0.6 is 0 Å². The van der Waals surface area contributed by atoms with Crippen LogP contribution in [0.2, 0.25) is 0 Å². The number of oxime groups is 1. The Hall–Kier alpha value is -1.87. The molecule has 20 heavy (non-hydrogen) atoms. The summed E-state index contributed by atoms with van der Waals surface area (Å²) in [5, 5.41) is 6.97. The van der Waals surface area contributed by atoms with E-state index in [1.165, 1.54) is 27.5 Å². The van der Waals surface area contributed by atoms with Gasteiger partial charge in [-0.1, -0.05) is 41.1 Å². The highest BCUT2D eigenvalue weighted by atomic mass is 16.7. The first-order valence-electron chi connectivity index (χ1n) is 7.14. The van der Waals surface area contributed by atoms with Crippen molar-refractivity contribution in [2.75, 3.05) is 13.2 Å². The van der Waals surface area contributed by atoms with Crippen molar-refractivity contribution in [3.05, 3.63) is 47.0 Å². The Balaban J connectivity index is 1.68. The number of benzene rings is 2. The number of hydrogen-bond donors (Lipinski definition) is 0. The third-order valence-electron chi connectivity index (χ3n) is 4.05. The molecule has 1 heterocycles. The summed E-state index contributed by atoms with van der Waals surface area (Å²) in [4.78, 5) is 5.39. The zero-order valence-corrected chi connectivity index (χ0v) is 11.6. The van der Waals surface area contributed by atoms with Crippen molar-refractivity contribution < 1.29 is 9.57 Å². The summed E-state index contributed by atoms with van der Waals surface area (Å²) in [6.45, 7) is 3.52. The van der Waals surface area contributed by atoms with Crippen LogP contribution in [-0.4, -0.2) is 25.0 Å². The molecule has 0 N–H and O–H groups in total. The van der Waals surface area contributed by atoms with Crippen molar-refractivity contribution >= 4 is 16.5 Å². The molecular weight excluding hydrogens is 250 g/mol. The Morgan fingerprint density at radius 1 is 1.25 bits per heavy atom. The monoisotopic (exact) mass is 267 g/mol. The van der Waals surface area contributed by atoms with Crippen LogP contribution in [0.15, 0.2) is 35.5 Å². The molecular formula is C17H17NO2. The van der Waals surface area contributed by atoms with Gasteiger partial charge < -0.3 is 9.57 Å². The number of hydrogen-bond acceptors (Lipinski definition) is 3. The lowest BCUT2D eigenvalue weighted by Crippen LogP contribution is -2.01. The zero-order valence-electron chi connectivity index (χ0n) is 11.6. The molecule has 1 unspecified atom stereocenters. The summed E-state index contributed by atoms with van der Waals surface area (Å²) in [5.41, 5.74) is 5.03. The topological polar surface area (TPSA) is 34.1 Å². The predicted octanol–water partition coefficient (Wildman–Crippen LogP) is 3.21. The maximum Gasteiger partial charge on any atom is 0.145 e. The van der Waals surface area contributed by atoms with Gasteiger partial charge in [-0.05, 0) is 36.1 Å². The number of aryl methyl sites for hydroxylation is 2. The molecule has 2 aromatic rings. The van der Waals surface area contributed by atoms with E-state index in [9.17, 15) is 0 Å². The molecule has 2 aromatic carbocycles. The van der Waals surface area contributed by atoms with Crippen LogP contribution in [-0.2, 0) is 16.0 Å². The first-order valence-corrected chi connectivity index (χ1v) is 7.14. The third-order valence-corrected chi connectivity index (χ3v) is 4.05. The minimum Gasteiger partial charge on any atom is -0.393 e. The van der Waals surface area contributed by atoms with Crippen molar-refractivity contribution in [3.63, 3.8) is 0 Å². The van der Waals surface area contributed by atoms with Crippen molar-refractivity contribution in [1.82, 2.24) is 0 Å². The number of nitrogens with zero attached hydrogens (tertiary/aromatic N) is 1. The molecule has 1 fully saturated rings. The van der Waals surface area contributed by atoms with E-state index in [-0.39, 0.29) is 6.10 Å². The first kappa shape index (κ1) is 11.9. The molecule has 0 aromatic heterocycles. The molecule has 0 saturated carbocycles. The number of fused-ring (bicyclic) bond motifs is 3. The molecule has 1 aliphatic heterocycles. The second kappa shape index (κ2) is 4.60. The van der Waals surface area contributed by atoms with Crippen LogP contribution in [0.1, 0.15) is 23.1 Å². The van der Waals surface area contributed by atoms with Gasteiger partial charge in [0.1, 0.15) is 12.7 Å². The van der Waals surface area contributed by atoms with Gasteiger partial charge in [-0.25, -0.2) is 0 Å². The quantitative estimate of drug-likeness (QED) is 0.632. The largest absolute Gasteiger partial charge is 0.393 e. The van der Waals surface area contributed by atoms with Gasteiger partial charge in [0.15, 0.2) is 0 Å². The molecule has 1 saturated heterocycles. The second-order valence-electron chi connectivity index (χ2n) is 5.61. The van der Waals surface area contributed by atoms with Crippen LogP contribution in [0.5, 0.6) is 0 Å². The van der Waals surface area contributed by atoms with Crippen LogP contribution < -0.4 is 0 Å². The van der Waals surface area contributed by atoms with Crippen LogP contribution in [0.4, 0.5) is 0 Å². The number of epoxide rings is 1. The summed E-state index contributed by atoms with van der Waals surface area (Å²) < 4.78 is 5.12. The Kier molecular flexibility index (Phi) is 2.74. The van der Waals surface area contributed by atoms with E-state index in [0.717, 1.165) is 25.2 Å². The third kappa shape index (κ3) is 2.08. The SMILES string of the molecule is Cc1ccc2c3c(ccc2c1)C(=NOCC1CO1)CC3. The first-order chi connectivity index (χ1) is 9.81. The lowest BCUT2D eigenvalue weighted by atomic mass is 9.99. The van der Waals surface area contributed by atoms with Crippen molar-refractivity contribution in [2.45, 2.75) is 25.9 Å². The zero-order chi connectivity index (χ0) is 13.5. The predicted molar refractivity (Wildman–Crippen MR) is 79.2 cm³/mol. The van der Waals surface area contributed by atoms with Crippen LogP contribution in [0.3, 0.4) is 0 Å². The molecule has 0 bridgehead atoms. The van der Waals surface area contributed by atoms with Gasteiger partial charge in [-0.2, -0.15) is 0 Å². The molecule has 2 aliphatic rings. The van der Waals surface area contributed by atoms with Crippen molar-refractivity contribution in [1.29, 1.82) is 0 Å². The molecule has 4 rings (SSSR count). The van der Waals surface area contributed by atoms with Gasteiger partial charge in [-0.3, -0.25) is 0 Å². The van der Waals surface area contributed by atoms with Gasteiger partial charge in [0.25, 0.3) is 0 Å². The highest BCUT2D eigenvalue weighted by molar-refractivity contribution is 6.08. The van der Waals surface area contributed by atoms with Gasteiger partial charge in [-0.15, -0.1) is 0 Å². The summed E-state index contributed by atoms with van der Waals surface area (Å²) in [7, 11) is 0. The molecule has 0 radical (unpaired) electrons. The summed E-state index contributed by atoms with van der Waals surface area (Å²) in [6.07, 6.45) is 2.28. The Morgan fingerprint density at radius 3 is 3.00 bits per heavy atom. The van der Waals surface area contributed by atoms with Gasteiger partial charge >= 0.3 is 0 Å². The fraction of sp³-hybridized carbons (Fsp3) is 0.353. The van der Waals surface area contributed by atoms with E-state index in [1.807, 2.05) is 0 Å². The van der Waals surface area contributed by atoms with Gasteiger partial charge in [0, 0.05) is 5.56 Å². The molecule has 0 amide bonds. The van der Waals surface area contributed by atoms with E-state index in [4.69, 9.17) is 9.57 Å². The summed E-state index contributed by atoms with van der Waals surface area (Å²) >= 11 is 0. The van der Waals surface area contributed by atoms with Crippen LogP contribution in [0.25, 0.3) is 10.8 Å². The highest BCUT2D eigenvalue weighted by Gasteiger charge is 2.24. The van der Waals surface area contributed by atoms with E-state index in [2.05, 4.69) is 42.4 Å². The lowest BCUT2D eigenvalue weighted by Gasteiger charge is -2.06. The maximum atomic E-state index is 5.39. The van der Waals surface area contributed by atoms with Crippen LogP contribution in [0, 0.1) is 6.92 Å². The molecule has 1 aliphatic carbocycles. The molecule has 0 spiro atoms. The van der Waals surface area contributed by atoms with E-state index in [0.29, 0.717) is 6.61 Å². The van der Waals surface area contributed by atoms with Crippen molar-refractivity contribution in [2.24, 2.45) is 5.16 Å². The Bertz CT molecular complexity index is 701. The average molecular weight is 267 g/mol. The summed E-state index contributed by atoms with van der Waals surface area (Å²) in [5.74, 6) is 0. The average Bonchev–Trinajstić information content (AvgIpc) is 3.18. The maximum absolute atomic E-state index is 5.39. The van der Waals surface area contributed by atoms with E-state index < -0.39 is 0 Å². The highest BCUT2D eigenvalue weighted by Crippen LogP contribution is 2.31. The van der Waals surface area contributed by atoms with E-state index in [1.54, 1.807) is 0 Å². The second-order valence-corrected chi connectivity index (χ2v) is 5.61. The molecule has 3 heteroatoms. The lowest BCUT2D eigenvalue weighted by molar-refractivity contribution is 0.124. The minimum atomic E-state index is 0.264. The normalized spacial score (nSPS) is 22.2. The summed E-state index contributed by atoms with van der Waals surface area (Å²) in [6, 6.07) is 11.0. The fourth-order valence-corrected chi connectivity index (χ4v) is 2.89. The standard InChI is InChI=1S/C17H17NO2/c1-11-2-4-14-12(8-11)3-5-16-15(14)6-7-17(16)18-20-10-13-9-19-13/h2-5,8,13H,6-7,9-10H2,1H3. The molecule has 3 nitrogen and oxygen atoms in total. The van der Waals surface area contributed by atoms with E-state index >= 15 is 0 Å². The van der Waals surface area contributed by atoms with Gasteiger partial charge in [0.2, 0.25) is 0 Å². The van der Waals surface area contributed by atoms with Crippen molar-refractivity contribution in [3.8, 4) is 0 Å². The molecule has 102 valence electrons. The molecule has 1 atom stereocenters.